The van der Waals surface area contributed by atoms with Gasteiger partial charge in [0.15, 0.2) is 0 Å². The highest BCUT2D eigenvalue weighted by atomic mass is 35.5. The number of ether oxygens (including phenoxy) is 1. The summed E-state index contributed by atoms with van der Waals surface area (Å²) in [5, 5.41) is 9.82. The SMILES string of the molecule is COc1ccc(C(=O)O)c(NC(=O)C(F)(F)F)c1Cl. The van der Waals surface area contributed by atoms with E-state index in [1.807, 2.05) is 0 Å². The van der Waals surface area contributed by atoms with Gasteiger partial charge >= 0.3 is 18.1 Å². The Balaban J connectivity index is 3.30. The first-order valence-electron chi connectivity index (χ1n) is 4.66. The lowest BCUT2D eigenvalue weighted by atomic mass is 10.1. The van der Waals surface area contributed by atoms with Crippen molar-refractivity contribution in [1.29, 1.82) is 0 Å². The molecule has 104 valence electrons. The van der Waals surface area contributed by atoms with Gasteiger partial charge in [0.05, 0.1) is 18.4 Å². The number of hydrogen-bond acceptors (Lipinski definition) is 3. The predicted molar refractivity (Wildman–Crippen MR) is 59.6 cm³/mol. The van der Waals surface area contributed by atoms with Gasteiger partial charge in [-0.3, -0.25) is 4.79 Å². The lowest BCUT2D eigenvalue weighted by molar-refractivity contribution is -0.167. The van der Waals surface area contributed by atoms with Crippen molar-refractivity contribution >= 4 is 29.2 Å². The second-order valence-electron chi connectivity index (χ2n) is 3.26. The zero-order valence-electron chi connectivity index (χ0n) is 9.34. The molecule has 5 nitrogen and oxygen atoms in total. The van der Waals surface area contributed by atoms with Crippen molar-refractivity contribution in [3.63, 3.8) is 0 Å². The molecule has 1 aromatic carbocycles. The Hall–Kier alpha value is -1.96. The minimum Gasteiger partial charge on any atom is -0.495 e. The summed E-state index contributed by atoms with van der Waals surface area (Å²) in [5.41, 5.74) is -1.25. The average molecular weight is 298 g/mol. The smallest absolute Gasteiger partial charge is 0.471 e. The third kappa shape index (κ3) is 3.28. The van der Waals surface area contributed by atoms with E-state index in [1.54, 1.807) is 0 Å². The number of nitrogens with one attached hydrogen (secondary N) is 1. The molecule has 1 rings (SSSR count). The fourth-order valence-corrected chi connectivity index (χ4v) is 1.49. The molecule has 0 unspecified atom stereocenters. The van der Waals surface area contributed by atoms with E-state index >= 15 is 0 Å². The molecule has 0 aliphatic carbocycles. The Bertz CT molecular complexity index is 530. The molecule has 19 heavy (non-hydrogen) atoms. The largest absolute Gasteiger partial charge is 0.495 e. The molecule has 0 bridgehead atoms. The molecule has 0 heterocycles. The number of carboxylic acid groups (broad SMARTS) is 1. The number of carbonyl (C=O) groups excluding carboxylic acids is 1. The first-order valence-corrected chi connectivity index (χ1v) is 5.04. The Labute approximate surface area is 109 Å². The number of amides is 1. The summed E-state index contributed by atoms with van der Waals surface area (Å²) in [7, 11) is 1.19. The predicted octanol–water partition coefficient (Wildman–Crippen LogP) is 2.55. The van der Waals surface area contributed by atoms with Crippen LogP contribution < -0.4 is 10.1 Å². The Kier molecular flexibility index (Phi) is 4.25. The van der Waals surface area contributed by atoms with Crippen molar-refractivity contribution in [3.05, 3.63) is 22.7 Å². The van der Waals surface area contributed by atoms with Gasteiger partial charge in [0, 0.05) is 0 Å². The number of halogens is 4. The lowest BCUT2D eigenvalue weighted by Crippen LogP contribution is -2.30. The molecule has 0 fully saturated rings. The molecule has 0 aliphatic heterocycles. The van der Waals surface area contributed by atoms with Crippen LogP contribution in [0.3, 0.4) is 0 Å². The Morgan fingerprint density at radius 3 is 2.37 bits per heavy atom. The fourth-order valence-electron chi connectivity index (χ4n) is 1.20. The highest BCUT2D eigenvalue weighted by molar-refractivity contribution is 6.36. The summed E-state index contributed by atoms with van der Waals surface area (Å²) in [6.07, 6.45) is -5.16. The van der Waals surface area contributed by atoms with Gasteiger partial charge in [0.2, 0.25) is 0 Å². The number of hydrogen-bond donors (Lipinski definition) is 2. The number of methoxy groups -OCH3 is 1. The van der Waals surface area contributed by atoms with Gasteiger partial charge in [-0.2, -0.15) is 13.2 Å². The molecule has 9 heteroatoms. The van der Waals surface area contributed by atoms with Gasteiger partial charge in [-0.25, -0.2) is 4.79 Å². The molecule has 0 radical (unpaired) electrons. The summed E-state index contributed by atoms with van der Waals surface area (Å²) in [6.45, 7) is 0. The van der Waals surface area contributed by atoms with Crippen LogP contribution in [0.4, 0.5) is 18.9 Å². The topological polar surface area (TPSA) is 75.6 Å². The maximum atomic E-state index is 12.1. The van der Waals surface area contributed by atoms with Crippen LogP contribution in [0.25, 0.3) is 0 Å². The summed E-state index contributed by atoms with van der Waals surface area (Å²) < 4.78 is 41.2. The van der Waals surface area contributed by atoms with Crippen LogP contribution in [0, 0.1) is 0 Å². The third-order valence-electron chi connectivity index (χ3n) is 2.05. The molecular formula is C10H7ClF3NO4. The second kappa shape index (κ2) is 5.35. The third-order valence-corrected chi connectivity index (χ3v) is 2.43. The number of carboxylic acids is 1. The van der Waals surface area contributed by atoms with Gasteiger partial charge in [-0.1, -0.05) is 11.6 Å². The summed E-state index contributed by atoms with van der Waals surface area (Å²) >= 11 is 5.68. The van der Waals surface area contributed by atoms with Crippen molar-refractivity contribution in [3.8, 4) is 5.75 Å². The van der Waals surface area contributed by atoms with Crippen LogP contribution in [-0.4, -0.2) is 30.3 Å². The molecule has 0 aromatic heterocycles. The standard InChI is InChI=1S/C10H7ClF3NO4/c1-19-5-3-2-4(8(16)17)7(6(5)11)15-9(18)10(12,13)14/h2-3H,1H3,(H,15,18)(H,16,17). The number of alkyl halides is 3. The summed E-state index contributed by atoms with van der Waals surface area (Å²) in [5.74, 6) is -3.93. The number of benzene rings is 1. The lowest BCUT2D eigenvalue weighted by Gasteiger charge is -2.14. The van der Waals surface area contributed by atoms with E-state index in [0.717, 1.165) is 12.1 Å². The van der Waals surface area contributed by atoms with E-state index in [0.29, 0.717) is 0 Å². The van der Waals surface area contributed by atoms with E-state index in [2.05, 4.69) is 0 Å². The van der Waals surface area contributed by atoms with Gasteiger partial charge in [0.1, 0.15) is 10.8 Å². The highest BCUT2D eigenvalue weighted by Crippen LogP contribution is 2.36. The molecule has 0 saturated heterocycles. The van der Waals surface area contributed by atoms with Crippen LogP contribution in [0.5, 0.6) is 5.75 Å². The first-order chi connectivity index (χ1) is 8.68. The molecule has 0 atom stereocenters. The van der Waals surface area contributed by atoms with E-state index in [1.165, 1.54) is 12.4 Å². The van der Waals surface area contributed by atoms with Crippen LogP contribution >= 0.6 is 11.6 Å². The van der Waals surface area contributed by atoms with Crippen molar-refractivity contribution in [1.82, 2.24) is 0 Å². The Morgan fingerprint density at radius 1 is 1.37 bits per heavy atom. The van der Waals surface area contributed by atoms with Crippen molar-refractivity contribution in [2.75, 3.05) is 12.4 Å². The van der Waals surface area contributed by atoms with Crippen LogP contribution in [0.2, 0.25) is 5.02 Å². The fraction of sp³-hybridized carbons (Fsp3) is 0.200. The number of rotatable bonds is 3. The average Bonchev–Trinajstić information content (AvgIpc) is 2.29. The normalized spacial score (nSPS) is 11.0. The van der Waals surface area contributed by atoms with Gasteiger partial charge < -0.3 is 15.2 Å². The van der Waals surface area contributed by atoms with E-state index < -0.39 is 34.3 Å². The zero-order valence-corrected chi connectivity index (χ0v) is 10.1. The van der Waals surface area contributed by atoms with Crippen molar-refractivity contribution in [2.45, 2.75) is 6.18 Å². The number of carbonyl (C=O) groups is 2. The molecule has 1 aromatic rings. The minimum atomic E-state index is -5.16. The minimum absolute atomic E-state index is 0.0656. The monoisotopic (exact) mass is 297 g/mol. The van der Waals surface area contributed by atoms with Crippen molar-refractivity contribution < 1.29 is 32.6 Å². The maximum Gasteiger partial charge on any atom is 0.471 e. The first kappa shape index (κ1) is 15.1. The van der Waals surface area contributed by atoms with Crippen LogP contribution in [-0.2, 0) is 4.79 Å². The molecule has 1 amide bonds. The molecular weight excluding hydrogens is 291 g/mol. The number of anilines is 1. The molecule has 0 spiro atoms. The van der Waals surface area contributed by atoms with Crippen molar-refractivity contribution in [2.24, 2.45) is 0 Å². The number of aromatic carboxylic acids is 1. The maximum absolute atomic E-state index is 12.1. The van der Waals surface area contributed by atoms with E-state index in [9.17, 15) is 22.8 Å². The van der Waals surface area contributed by atoms with Gasteiger partial charge in [-0.05, 0) is 12.1 Å². The van der Waals surface area contributed by atoms with Gasteiger partial charge in [-0.15, -0.1) is 0 Å². The van der Waals surface area contributed by atoms with Gasteiger partial charge in [0.25, 0.3) is 0 Å². The Morgan fingerprint density at radius 2 is 1.95 bits per heavy atom. The van der Waals surface area contributed by atoms with Crippen LogP contribution in [0.1, 0.15) is 10.4 Å². The molecule has 2 N–H and O–H groups in total. The second-order valence-corrected chi connectivity index (χ2v) is 3.64. The highest BCUT2D eigenvalue weighted by Gasteiger charge is 2.39. The molecule has 0 saturated carbocycles. The quantitative estimate of drug-likeness (QED) is 0.899. The molecule has 0 aliphatic rings. The van der Waals surface area contributed by atoms with E-state index in [-0.39, 0.29) is 5.75 Å². The van der Waals surface area contributed by atoms with Crippen LogP contribution in [0.15, 0.2) is 12.1 Å². The zero-order chi connectivity index (χ0) is 14.8. The summed E-state index contributed by atoms with van der Waals surface area (Å²) in [6, 6.07) is 2.13. The summed E-state index contributed by atoms with van der Waals surface area (Å²) in [4.78, 5) is 21.7. The van der Waals surface area contributed by atoms with E-state index in [4.69, 9.17) is 21.4 Å².